The van der Waals surface area contributed by atoms with Crippen LogP contribution in [0, 0.1) is 6.07 Å². The van der Waals surface area contributed by atoms with Gasteiger partial charge in [0.15, 0.2) is 0 Å². The first-order chi connectivity index (χ1) is 28.7. The summed E-state index contributed by atoms with van der Waals surface area (Å²) in [6, 6.07) is 71.4. The van der Waals surface area contributed by atoms with E-state index in [4.69, 9.17) is 9.97 Å². The molecule has 12 bridgehead atoms. The van der Waals surface area contributed by atoms with Gasteiger partial charge in [-0.3, -0.25) is 9.38 Å². The van der Waals surface area contributed by atoms with Gasteiger partial charge in [0.1, 0.15) is 11.6 Å². The van der Waals surface area contributed by atoms with Crippen LogP contribution in [0.5, 0.6) is 5.75 Å². The number of aromatic hydroxyl groups is 1. The molecule has 0 aliphatic carbocycles. The standard InChI is InChI=1S/C54H34N3O.Pt/c58-52-27-6-4-22-47(52)54-56-53-44-23-12-26-51(53)57(54)50-25-5-3-20-43(50)40-18-11-16-38(33-40)36-14-9-13-35(31-36)37-15-10-17-39(32-37)42-19-1-2-21-45(42)46-29-28-41(44)34-48(46)49-24-7-8-30-55-49;/h1-33,58H;/q-1;. The Morgan fingerprint density at radius 1 is 0.441 bits per heavy atom. The number of phenolic OH excluding ortho intramolecular Hbond substituents is 1. The summed E-state index contributed by atoms with van der Waals surface area (Å²) in [4.78, 5) is 10.3. The average molecular weight is 936 g/mol. The molecule has 12 aromatic rings. The van der Waals surface area contributed by atoms with Gasteiger partial charge in [-0.25, -0.2) is 4.98 Å². The summed E-state index contributed by atoms with van der Waals surface area (Å²) in [5.74, 6) is 0.814. The summed E-state index contributed by atoms with van der Waals surface area (Å²) in [6.45, 7) is 0. The summed E-state index contributed by atoms with van der Waals surface area (Å²) >= 11 is 0. The molecule has 8 aromatic carbocycles. The predicted molar refractivity (Wildman–Crippen MR) is 242 cm³/mol. The minimum atomic E-state index is 0. The van der Waals surface area contributed by atoms with Crippen LogP contribution in [0.3, 0.4) is 0 Å². The molecule has 0 fully saturated rings. The van der Waals surface area contributed by atoms with Crippen LogP contribution in [-0.4, -0.2) is 19.5 Å². The predicted octanol–water partition coefficient (Wildman–Crippen LogP) is 13.9. The van der Waals surface area contributed by atoms with Gasteiger partial charge in [-0.1, -0.05) is 150 Å². The number of hydrogen-bond donors (Lipinski definition) is 1. The van der Waals surface area contributed by atoms with Crippen LogP contribution < -0.4 is 0 Å². The first-order valence-electron chi connectivity index (χ1n) is 19.5. The van der Waals surface area contributed by atoms with Gasteiger partial charge < -0.3 is 5.11 Å². The fraction of sp³-hybridized carbons (Fsp3) is 0. The Morgan fingerprint density at radius 2 is 1.00 bits per heavy atom. The quantitative estimate of drug-likeness (QED) is 0.176. The summed E-state index contributed by atoms with van der Waals surface area (Å²) in [7, 11) is 0. The molecule has 0 saturated heterocycles. The molecule has 59 heavy (non-hydrogen) atoms. The molecule has 1 N–H and O–H groups in total. The summed E-state index contributed by atoms with van der Waals surface area (Å²) in [5.41, 5.74) is 5.07. The molecule has 0 aliphatic heterocycles. The maximum atomic E-state index is 11.3. The molecular weight excluding hydrogens is 902 g/mol. The number of nitrogens with zero attached hydrogens (tertiary/aromatic N) is 3. The third-order valence-electron chi connectivity index (χ3n) is 11.2. The van der Waals surface area contributed by atoms with Crippen molar-refractivity contribution in [3.63, 3.8) is 0 Å². The van der Waals surface area contributed by atoms with Crippen LogP contribution in [0.1, 0.15) is 0 Å². The van der Waals surface area contributed by atoms with Crippen molar-refractivity contribution < 1.29 is 26.2 Å². The first-order valence-corrected chi connectivity index (χ1v) is 19.5. The van der Waals surface area contributed by atoms with E-state index in [0.29, 0.717) is 11.4 Å². The second-order valence-electron chi connectivity index (χ2n) is 14.6. The number of imidazole rings is 1. The van der Waals surface area contributed by atoms with Crippen LogP contribution in [-0.2, 0) is 21.1 Å². The van der Waals surface area contributed by atoms with Gasteiger partial charge in [0, 0.05) is 38.3 Å². The Hall–Kier alpha value is -7.13. The van der Waals surface area contributed by atoms with Crippen molar-refractivity contribution in [2.45, 2.75) is 0 Å². The topological polar surface area (TPSA) is 50.4 Å². The normalized spacial score (nSPS) is 11.3. The molecule has 0 unspecified atom stereocenters. The minimum absolute atomic E-state index is 0. The van der Waals surface area contributed by atoms with Crippen molar-refractivity contribution in [2.24, 2.45) is 0 Å². The van der Waals surface area contributed by atoms with E-state index in [1.165, 1.54) is 0 Å². The zero-order chi connectivity index (χ0) is 38.6. The van der Waals surface area contributed by atoms with Crippen molar-refractivity contribution in [1.82, 2.24) is 14.4 Å². The van der Waals surface area contributed by atoms with E-state index in [1.54, 1.807) is 6.07 Å². The zero-order valence-corrected chi connectivity index (χ0v) is 33.9. The minimum Gasteiger partial charge on any atom is -0.507 e. The molecule has 282 valence electrons. The molecule has 0 atom stereocenters. The smallest absolute Gasteiger partial charge is 0.148 e. The number of pyridine rings is 1. The average Bonchev–Trinajstić information content (AvgIpc) is 3.69. The largest absolute Gasteiger partial charge is 0.507 e. The van der Waals surface area contributed by atoms with Gasteiger partial charge in [0.05, 0.1) is 22.1 Å². The van der Waals surface area contributed by atoms with Gasteiger partial charge in [0.25, 0.3) is 0 Å². The van der Waals surface area contributed by atoms with Crippen LogP contribution in [0.4, 0.5) is 0 Å². The van der Waals surface area contributed by atoms with Crippen LogP contribution in [0.15, 0.2) is 200 Å². The third kappa shape index (κ3) is 6.30. The number of hydrogen-bond acceptors (Lipinski definition) is 3. The number of aromatic nitrogens is 3. The van der Waals surface area contributed by atoms with Gasteiger partial charge in [-0.2, -0.15) is 0 Å². The second kappa shape index (κ2) is 15.0. The maximum Gasteiger partial charge on any atom is 0.148 e. The molecule has 0 radical (unpaired) electrons. The molecule has 4 nitrogen and oxygen atoms in total. The Bertz CT molecular complexity index is 3600. The number of para-hydroxylation sites is 3. The van der Waals surface area contributed by atoms with Crippen LogP contribution >= 0.6 is 0 Å². The SMILES string of the molecule is Oc1ccccc1-c1nc2c3cccc2n1c1ccccc1c1cccc(c1)c1cccc(c1)c1cccc(c1)c1ccccc1c1ccc3[c-]c1-c1ccccn1.[Pt]. The number of fused-ring (bicyclic) bond motifs is 2. The van der Waals surface area contributed by atoms with Crippen molar-refractivity contribution in [1.29, 1.82) is 0 Å². The van der Waals surface area contributed by atoms with Crippen molar-refractivity contribution in [3.05, 3.63) is 206 Å². The summed E-state index contributed by atoms with van der Waals surface area (Å²) < 4.78 is 2.19. The first kappa shape index (κ1) is 36.2. The number of phenols is 1. The Labute approximate surface area is 354 Å². The van der Waals surface area contributed by atoms with E-state index >= 15 is 0 Å². The van der Waals surface area contributed by atoms with E-state index in [1.807, 2.05) is 42.6 Å². The van der Waals surface area contributed by atoms with Gasteiger partial charge in [-0.15, -0.1) is 23.6 Å². The molecule has 12 rings (SSSR count). The van der Waals surface area contributed by atoms with Crippen LogP contribution in [0.2, 0.25) is 0 Å². The Kier molecular flexibility index (Phi) is 9.20. The zero-order valence-electron chi connectivity index (χ0n) is 31.7. The molecule has 0 aliphatic rings. The Morgan fingerprint density at radius 3 is 1.71 bits per heavy atom. The second-order valence-corrected chi connectivity index (χ2v) is 14.6. The third-order valence-corrected chi connectivity index (χ3v) is 11.2. The number of benzene rings is 8. The Balaban J connectivity index is 0.00000420. The van der Waals surface area contributed by atoms with Crippen molar-refractivity contribution in [2.75, 3.05) is 0 Å². The van der Waals surface area contributed by atoms with Crippen molar-refractivity contribution >= 4 is 81.2 Å². The van der Waals surface area contributed by atoms with E-state index in [2.05, 4.69) is 162 Å². The van der Waals surface area contributed by atoms with Gasteiger partial charge in [-0.05, 0) is 91.6 Å². The van der Waals surface area contributed by atoms with E-state index in [0.717, 1.165) is 92.4 Å². The summed E-state index contributed by atoms with van der Waals surface area (Å²) in [6.07, 6.45) is 1.84. The molecule has 4 aromatic heterocycles. The van der Waals surface area contributed by atoms with Gasteiger partial charge >= 0.3 is 0 Å². The molecule has 0 amide bonds. The van der Waals surface area contributed by atoms with E-state index in [9.17, 15) is 5.11 Å². The summed E-state index contributed by atoms with van der Waals surface area (Å²) in [5, 5.41) is 24.3. The maximum absolute atomic E-state index is 11.3. The molecule has 5 heteroatoms. The monoisotopic (exact) mass is 935 g/mol. The van der Waals surface area contributed by atoms with Crippen molar-refractivity contribution in [3.8, 4) is 28.4 Å². The fourth-order valence-electron chi connectivity index (χ4n) is 8.49. The van der Waals surface area contributed by atoms with E-state index < -0.39 is 0 Å². The molecular formula is C54H34N3OPt-. The number of rotatable bonds is 2. The van der Waals surface area contributed by atoms with Crippen LogP contribution in [0.25, 0.3) is 104 Å². The molecule has 0 spiro atoms. The molecule has 4 heterocycles. The van der Waals surface area contributed by atoms with E-state index in [-0.39, 0.29) is 26.8 Å². The fourth-order valence-corrected chi connectivity index (χ4v) is 8.49. The van der Waals surface area contributed by atoms with Gasteiger partial charge in [0.2, 0.25) is 0 Å². The molecule has 0 saturated carbocycles.